The molecule has 0 spiro atoms. The fraction of sp³-hybridized carbons (Fsp3) is 0.536. The normalized spacial score (nSPS) is 13.3. The molecule has 4 heterocycles. The van der Waals surface area contributed by atoms with Gasteiger partial charge in [0.2, 0.25) is 0 Å². The van der Waals surface area contributed by atoms with Crippen LogP contribution in [0.15, 0.2) is 30.9 Å². The summed E-state index contributed by atoms with van der Waals surface area (Å²) in [6.07, 6.45) is 9.47. The molecule has 0 saturated carbocycles. The molecule has 0 bridgehead atoms. The van der Waals surface area contributed by atoms with Crippen molar-refractivity contribution < 1.29 is 4.79 Å². The van der Waals surface area contributed by atoms with Crippen molar-refractivity contribution >= 4 is 33.8 Å². The fourth-order valence-electron chi connectivity index (χ4n) is 4.18. The van der Waals surface area contributed by atoms with Crippen LogP contribution in [0.3, 0.4) is 0 Å². The first-order chi connectivity index (χ1) is 18.5. The smallest absolute Gasteiger partial charge is 0.180 e. The first kappa shape index (κ1) is 30.4. The molecule has 4 rings (SSSR count). The van der Waals surface area contributed by atoms with Gasteiger partial charge >= 0.3 is 0 Å². The lowest BCUT2D eigenvalue weighted by Gasteiger charge is -2.36. The van der Waals surface area contributed by atoms with E-state index in [1.54, 1.807) is 13.1 Å². The van der Waals surface area contributed by atoms with Gasteiger partial charge in [0.05, 0.1) is 35.5 Å². The van der Waals surface area contributed by atoms with E-state index < -0.39 is 0 Å². The van der Waals surface area contributed by atoms with Crippen molar-refractivity contribution in [3.63, 3.8) is 0 Å². The van der Waals surface area contributed by atoms with Crippen molar-refractivity contribution in [2.45, 2.75) is 86.4 Å². The molecule has 0 aliphatic carbocycles. The summed E-state index contributed by atoms with van der Waals surface area (Å²) in [7, 11) is 0. The molecule has 0 radical (unpaired) electrons. The van der Waals surface area contributed by atoms with Crippen LogP contribution >= 0.6 is 11.5 Å². The van der Waals surface area contributed by atoms with E-state index in [4.69, 9.17) is 5.73 Å². The number of nitrogens with two attached hydrogens (primary N) is 1. The minimum Gasteiger partial charge on any atom is -0.328 e. The van der Waals surface area contributed by atoms with Gasteiger partial charge in [0.25, 0.3) is 0 Å². The number of carbonyl (C=O) groups excluding carboxylic acids is 1. The average Bonchev–Trinajstić information content (AvgIpc) is 3.67. The standard InChI is InChI=1S/C21H28N8S.C7H15NO/c1-6-21(4,5)28(7-2)13-16-8-18(30-27-16)26-19-20-22-11-17(15-9-23-24-10-15)29(20)12-14(3)25-19;1-4-5(2)7(9)6(3)8/h8-12H,6-7,13H2,1-5H3,(H,23,24)(H,25,26);5-6H,4,8H2,1-3H3. The van der Waals surface area contributed by atoms with Crippen molar-refractivity contribution in [2.75, 3.05) is 11.9 Å². The van der Waals surface area contributed by atoms with Crippen molar-refractivity contribution in [3.05, 3.63) is 42.2 Å². The molecule has 0 fully saturated rings. The van der Waals surface area contributed by atoms with Crippen molar-refractivity contribution in [1.82, 2.24) is 33.8 Å². The highest BCUT2D eigenvalue weighted by Crippen LogP contribution is 2.28. The summed E-state index contributed by atoms with van der Waals surface area (Å²) in [6, 6.07) is 1.82. The summed E-state index contributed by atoms with van der Waals surface area (Å²) in [6.45, 7) is 18.4. The second kappa shape index (κ2) is 13.3. The van der Waals surface area contributed by atoms with Gasteiger partial charge in [-0.15, -0.1) is 0 Å². The number of imidazole rings is 1. The molecule has 212 valence electrons. The Hall–Kier alpha value is -3.15. The zero-order valence-electron chi connectivity index (χ0n) is 24.4. The van der Waals surface area contributed by atoms with Crippen molar-refractivity contribution in [1.29, 1.82) is 0 Å². The predicted octanol–water partition coefficient (Wildman–Crippen LogP) is 5.59. The third kappa shape index (κ3) is 7.49. The molecule has 10 nitrogen and oxygen atoms in total. The van der Waals surface area contributed by atoms with Gasteiger partial charge in [0.1, 0.15) is 5.00 Å². The Morgan fingerprint density at radius 3 is 2.56 bits per heavy atom. The number of nitrogens with one attached hydrogen (secondary N) is 2. The number of carbonyl (C=O) groups is 1. The van der Waals surface area contributed by atoms with Gasteiger partial charge in [-0.3, -0.25) is 19.2 Å². The number of aromatic amines is 1. The number of H-pyrrole nitrogens is 1. The maximum atomic E-state index is 10.9. The second-order valence-corrected chi connectivity index (χ2v) is 11.3. The van der Waals surface area contributed by atoms with Crippen LogP contribution in [0.2, 0.25) is 0 Å². The van der Waals surface area contributed by atoms with Gasteiger partial charge < -0.3 is 11.1 Å². The Labute approximate surface area is 235 Å². The Balaban J connectivity index is 0.000000403. The molecule has 11 heteroatoms. The summed E-state index contributed by atoms with van der Waals surface area (Å²) in [5.74, 6) is 1.02. The molecule has 4 aromatic rings. The highest BCUT2D eigenvalue weighted by Gasteiger charge is 2.24. The SMILES string of the molecule is CCC(C)C(=O)C(C)N.CCN(Cc1cc(Nc2nc(C)cn3c(-c4cn[nH]c4)cnc23)sn1)C(C)(C)CC. The minimum atomic E-state index is -0.292. The van der Waals surface area contributed by atoms with Crippen LogP contribution in [0, 0.1) is 12.8 Å². The van der Waals surface area contributed by atoms with Gasteiger partial charge in [-0.25, -0.2) is 9.97 Å². The first-order valence-corrected chi connectivity index (χ1v) is 14.4. The molecule has 0 saturated heterocycles. The minimum absolute atomic E-state index is 0.130. The summed E-state index contributed by atoms with van der Waals surface area (Å²) in [5.41, 5.74) is 10.2. The molecule has 2 atom stereocenters. The van der Waals surface area contributed by atoms with Gasteiger partial charge in [-0.2, -0.15) is 9.47 Å². The van der Waals surface area contributed by atoms with E-state index in [1.165, 1.54) is 11.5 Å². The van der Waals surface area contributed by atoms with E-state index in [0.29, 0.717) is 0 Å². The predicted molar refractivity (Wildman–Crippen MR) is 159 cm³/mol. The van der Waals surface area contributed by atoms with Gasteiger partial charge in [0, 0.05) is 36.0 Å². The van der Waals surface area contributed by atoms with Gasteiger partial charge in [0.15, 0.2) is 17.2 Å². The van der Waals surface area contributed by atoms with Gasteiger partial charge in [-0.1, -0.05) is 27.7 Å². The maximum absolute atomic E-state index is 10.9. The van der Waals surface area contributed by atoms with E-state index in [1.807, 2.05) is 43.8 Å². The highest BCUT2D eigenvalue weighted by molar-refractivity contribution is 7.10. The van der Waals surface area contributed by atoms with Crippen LogP contribution in [-0.2, 0) is 11.3 Å². The van der Waals surface area contributed by atoms with E-state index in [2.05, 4.69) is 68.5 Å². The number of hydrogen-bond acceptors (Lipinski definition) is 9. The summed E-state index contributed by atoms with van der Waals surface area (Å²) in [5, 5.41) is 11.3. The number of aromatic nitrogens is 6. The second-order valence-electron chi connectivity index (χ2n) is 10.5. The fourth-order valence-corrected chi connectivity index (χ4v) is 4.84. The Bertz CT molecular complexity index is 1340. The Morgan fingerprint density at radius 1 is 1.26 bits per heavy atom. The highest BCUT2D eigenvalue weighted by atomic mass is 32.1. The Kier molecular flexibility index (Phi) is 10.3. The van der Waals surface area contributed by atoms with Crippen molar-refractivity contribution in [3.8, 4) is 11.3 Å². The van der Waals surface area contributed by atoms with Crippen LogP contribution in [0.1, 0.15) is 72.7 Å². The summed E-state index contributed by atoms with van der Waals surface area (Å²) in [4.78, 5) is 22.7. The molecule has 0 aliphatic rings. The van der Waals surface area contributed by atoms with Crippen LogP contribution < -0.4 is 11.1 Å². The van der Waals surface area contributed by atoms with E-state index >= 15 is 0 Å². The molecular weight excluding hydrogens is 510 g/mol. The first-order valence-electron chi connectivity index (χ1n) is 13.6. The molecule has 4 N–H and O–H groups in total. The number of rotatable bonds is 11. The number of fused-ring (bicyclic) bond motifs is 1. The lowest BCUT2D eigenvalue weighted by Crippen LogP contribution is -2.42. The van der Waals surface area contributed by atoms with Gasteiger partial charge in [-0.05, 0) is 64.7 Å². The number of ketones is 1. The molecule has 0 amide bonds. The summed E-state index contributed by atoms with van der Waals surface area (Å²) < 4.78 is 6.71. The molecule has 0 aliphatic heterocycles. The number of anilines is 2. The third-order valence-electron chi connectivity index (χ3n) is 7.21. The van der Waals surface area contributed by atoms with Crippen LogP contribution in [0.5, 0.6) is 0 Å². The topological polar surface area (TPSA) is 130 Å². The third-order valence-corrected chi connectivity index (χ3v) is 7.95. The van der Waals surface area contributed by atoms with Crippen LogP contribution in [-0.4, -0.2) is 57.7 Å². The van der Waals surface area contributed by atoms with E-state index in [0.717, 1.165) is 65.0 Å². The summed E-state index contributed by atoms with van der Waals surface area (Å²) >= 11 is 1.45. The number of aryl methyl sites for hydroxylation is 1. The Morgan fingerprint density at radius 2 is 2.00 bits per heavy atom. The quantitative estimate of drug-likeness (QED) is 0.219. The monoisotopic (exact) mass is 553 g/mol. The van der Waals surface area contributed by atoms with Crippen LogP contribution in [0.25, 0.3) is 16.9 Å². The molecule has 2 unspecified atom stereocenters. The molecule has 39 heavy (non-hydrogen) atoms. The zero-order valence-corrected chi connectivity index (χ0v) is 25.3. The maximum Gasteiger partial charge on any atom is 0.180 e. The van der Waals surface area contributed by atoms with E-state index in [-0.39, 0.29) is 23.3 Å². The lowest BCUT2D eigenvalue weighted by atomic mass is 9.99. The average molecular weight is 554 g/mol. The van der Waals surface area contributed by atoms with Crippen molar-refractivity contribution in [2.24, 2.45) is 11.7 Å². The number of hydrogen-bond donors (Lipinski definition) is 3. The number of nitrogens with zero attached hydrogens (tertiary/aromatic N) is 6. The molecular formula is C28H43N9OS. The molecule has 4 aromatic heterocycles. The molecule has 0 aromatic carbocycles. The largest absolute Gasteiger partial charge is 0.328 e. The zero-order chi connectivity index (χ0) is 28.7. The number of Topliss-reactive ketones (excluding diaryl/α,β-unsaturated/α-hetero) is 1. The van der Waals surface area contributed by atoms with Crippen LogP contribution in [0.4, 0.5) is 10.8 Å². The van der Waals surface area contributed by atoms with E-state index in [9.17, 15) is 4.79 Å². The lowest BCUT2D eigenvalue weighted by molar-refractivity contribution is -0.123.